The van der Waals surface area contributed by atoms with Gasteiger partial charge in [-0.15, -0.1) is 0 Å². The number of urea groups is 1. The number of halogens is 2. The van der Waals surface area contributed by atoms with Gasteiger partial charge in [-0.25, -0.2) is 14.1 Å². The van der Waals surface area contributed by atoms with Gasteiger partial charge in [-0.3, -0.25) is 19.9 Å². The van der Waals surface area contributed by atoms with Crippen molar-refractivity contribution >= 4 is 41.3 Å². The third kappa shape index (κ3) is 4.38. The number of imide groups is 2. The number of carbonyl (C=O) groups is 3. The number of hydrogen-bond donors (Lipinski definition) is 1. The largest absolute Gasteiger partial charge is 0.335 e. The smallest absolute Gasteiger partial charge is 0.296 e. The predicted octanol–water partition coefficient (Wildman–Crippen LogP) is 2.99. The number of nitrogens with zero attached hydrogens (tertiary/aromatic N) is 2. The normalized spacial score (nSPS) is 17.5. The highest BCUT2D eigenvalue weighted by Gasteiger charge is 2.40. The Morgan fingerprint density at radius 2 is 1.74 bits per heavy atom. The van der Waals surface area contributed by atoms with Gasteiger partial charge in [-0.2, -0.15) is 0 Å². The second-order valence-electron chi connectivity index (χ2n) is 5.85. The van der Waals surface area contributed by atoms with Crippen LogP contribution in [0.15, 0.2) is 53.5 Å². The zero-order chi connectivity index (χ0) is 19.4. The number of anilines is 1. The van der Waals surface area contributed by atoms with Crippen molar-refractivity contribution in [2.75, 3.05) is 11.4 Å². The van der Waals surface area contributed by atoms with Crippen LogP contribution in [0.5, 0.6) is 0 Å². The van der Waals surface area contributed by atoms with Crippen LogP contribution in [0.25, 0.3) is 0 Å². The lowest BCUT2D eigenvalue weighted by Crippen LogP contribution is -2.58. The molecule has 8 heteroatoms. The summed E-state index contributed by atoms with van der Waals surface area (Å²) >= 11 is 5.82. The lowest BCUT2D eigenvalue weighted by molar-refractivity contribution is -0.131. The molecule has 0 aliphatic carbocycles. The van der Waals surface area contributed by atoms with E-state index in [0.717, 1.165) is 10.5 Å². The highest BCUT2D eigenvalue weighted by Crippen LogP contribution is 2.22. The molecule has 0 radical (unpaired) electrons. The Balaban J connectivity index is 1.69. The molecule has 1 heterocycles. The Hall–Kier alpha value is -3.06. The first-order valence-electron chi connectivity index (χ1n) is 8.14. The standard InChI is InChI=1S/C19H15ClFN3O3/c20-13-3-7-15(8-4-13)24-18(26)16(17(25)23-19(24)27)11-22-10-9-12-1-5-14(21)6-2-12/h1-8,11,16H,9-10H2,(H,23,25,27). The van der Waals surface area contributed by atoms with E-state index in [1.165, 1.54) is 30.5 Å². The van der Waals surface area contributed by atoms with E-state index in [4.69, 9.17) is 11.6 Å². The number of benzene rings is 2. The Bertz CT molecular complexity index is 897. The Labute approximate surface area is 159 Å². The van der Waals surface area contributed by atoms with Crippen molar-refractivity contribution in [3.8, 4) is 0 Å². The number of rotatable bonds is 5. The van der Waals surface area contributed by atoms with Crippen molar-refractivity contribution in [3.63, 3.8) is 0 Å². The highest BCUT2D eigenvalue weighted by atomic mass is 35.5. The molecule has 138 valence electrons. The molecular formula is C19H15ClFN3O3. The summed E-state index contributed by atoms with van der Waals surface area (Å²) in [5.41, 5.74) is 1.19. The van der Waals surface area contributed by atoms with Crippen molar-refractivity contribution < 1.29 is 18.8 Å². The van der Waals surface area contributed by atoms with Crippen LogP contribution in [0.1, 0.15) is 5.56 Å². The third-order valence-corrected chi connectivity index (χ3v) is 4.24. The van der Waals surface area contributed by atoms with Crippen molar-refractivity contribution in [2.45, 2.75) is 6.42 Å². The van der Waals surface area contributed by atoms with Gasteiger partial charge in [0.15, 0.2) is 5.92 Å². The zero-order valence-corrected chi connectivity index (χ0v) is 14.8. The molecule has 6 nitrogen and oxygen atoms in total. The third-order valence-electron chi connectivity index (χ3n) is 3.98. The van der Waals surface area contributed by atoms with E-state index in [-0.39, 0.29) is 5.82 Å². The van der Waals surface area contributed by atoms with Crippen LogP contribution in [0.2, 0.25) is 5.02 Å². The maximum Gasteiger partial charge on any atom is 0.335 e. The Morgan fingerprint density at radius 3 is 2.41 bits per heavy atom. The van der Waals surface area contributed by atoms with Crippen LogP contribution in [-0.4, -0.2) is 30.6 Å². The quantitative estimate of drug-likeness (QED) is 0.632. The van der Waals surface area contributed by atoms with Gasteiger partial charge in [0.2, 0.25) is 5.91 Å². The molecule has 0 bridgehead atoms. The van der Waals surface area contributed by atoms with Crippen LogP contribution in [-0.2, 0) is 16.0 Å². The van der Waals surface area contributed by atoms with E-state index in [9.17, 15) is 18.8 Å². The van der Waals surface area contributed by atoms with Crippen LogP contribution in [0.4, 0.5) is 14.9 Å². The molecule has 27 heavy (non-hydrogen) atoms. The minimum atomic E-state index is -1.20. The van der Waals surface area contributed by atoms with Crippen LogP contribution in [0, 0.1) is 11.7 Å². The van der Waals surface area contributed by atoms with Crippen molar-refractivity contribution in [2.24, 2.45) is 10.9 Å². The van der Waals surface area contributed by atoms with Crippen LogP contribution < -0.4 is 10.2 Å². The molecule has 1 atom stereocenters. The van der Waals surface area contributed by atoms with Gasteiger partial charge in [0.1, 0.15) is 5.82 Å². The first kappa shape index (κ1) is 18.7. The summed E-state index contributed by atoms with van der Waals surface area (Å²) in [7, 11) is 0. The molecule has 1 fully saturated rings. The second kappa shape index (κ2) is 8.09. The maximum atomic E-state index is 12.9. The summed E-state index contributed by atoms with van der Waals surface area (Å²) in [5.74, 6) is -2.93. The first-order valence-corrected chi connectivity index (χ1v) is 8.52. The summed E-state index contributed by atoms with van der Waals surface area (Å²) in [5, 5.41) is 2.61. The van der Waals surface area contributed by atoms with Crippen molar-refractivity contribution in [3.05, 3.63) is 64.9 Å². The van der Waals surface area contributed by atoms with E-state index in [1.807, 2.05) is 0 Å². The van der Waals surface area contributed by atoms with Gasteiger partial charge < -0.3 is 0 Å². The van der Waals surface area contributed by atoms with Gasteiger partial charge >= 0.3 is 6.03 Å². The number of hydrogen-bond acceptors (Lipinski definition) is 4. The topological polar surface area (TPSA) is 78.8 Å². The molecule has 0 saturated carbocycles. The molecule has 2 aromatic rings. The maximum absolute atomic E-state index is 12.9. The number of nitrogens with one attached hydrogen (secondary N) is 1. The summed E-state index contributed by atoms with van der Waals surface area (Å²) in [6.45, 7) is 0.317. The summed E-state index contributed by atoms with van der Waals surface area (Å²) in [4.78, 5) is 41.7. The van der Waals surface area contributed by atoms with Crippen molar-refractivity contribution in [1.82, 2.24) is 5.32 Å². The summed E-state index contributed by atoms with van der Waals surface area (Å²) in [6.07, 6.45) is 1.76. The molecular weight excluding hydrogens is 373 g/mol. The number of carbonyl (C=O) groups excluding carboxylic acids is 3. The van der Waals surface area contributed by atoms with Gasteiger partial charge in [0, 0.05) is 17.8 Å². The van der Waals surface area contributed by atoms with Crippen molar-refractivity contribution in [1.29, 1.82) is 0 Å². The average Bonchev–Trinajstić information content (AvgIpc) is 2.64. The molecule has 4 amide bonds. The molecule has 3 rings (SSSR count). The van der Waals surface area contributed by atoms with Gasteiger partial charge in [-0.05, 0) is 48.4 Å². The van der Waals surface area contributed by atoms with E-state index in [2.05, 4.69) is 10.3 Å². The zero-order valence-electron chi connectivity index (χ0n) is 14.1. The molecule has 1 aliphatic rings. The Morgan fingerprint density at radius 1 is 1.07 bits per heavy atom. The van der Waals surface area contributed by atoms with Gasteiger partial charge in [-0.1, -0.05) is 23.7 Å². The van der Waals surface area contributed by atoms with E-state index in [1.54, 1.807) is 24.3 Å². The molecule has 1 N–H and O–H groups in total. The molecule has 2 aromatic carbocycles. The predicted molar refractivity (Wildman–Crippen MR) is 99.4 cm³/mol. The molecule has 1 aliphatic heterocycles. The lowest BCUT2D eigenvalue weighted by atomic mass is 10.1. The van der Waals surface area contributed by atoms with Gasteiger partial charge in [0.25, 0.3) is 5.91 Å². The van der Waals surface area contributed by atoms with Gasteiger partial charge in [0.05, 0.1) is 5.69 Å². The fourth-order valence-corrected chi connectivity index (χ4v) is 2.71. The van der Waals surface area contributed by atoms with Crippen LogP contribution in [0.3, 0.4) is 0 Å². The molecule has 0 spiro atoms. The molecule has 1 saturated heterocycles. The number of aliphatic imine (C=N–C) groups is 1. The lowest BCUT2D eigenvalue weighted by Gasteiger charge is -2.28. The average molecular weight is 388 g/mol. The number of barbiturate groups is 1. The van der Waals surface area contributed by atoms with E-state index in [0.29, 0.717) is 23.7 Å². The number of amides is 4. The summed E-state index contributed by atoms with van der Waals surface area (Å²) < 4.78 is 12.9. The second-order valence-corrected chi connectivity index (χ2v) is 6.29. The monoisotopic (exact) mass is 387 g/mol. The Kier molecular flexibility index (Phi) is 5.61. The van der Waals surface area contributed by atoms with Crippen LogP contribution >= 0.6 is 11.6 Å². The van der Waals surface area contributed by atoms with E-state index < -0.39 is 23.8 Å². The fourth-order valence-electron chi connectivity index (χ4n) is 2.58. The highest BCUT2D eigenvalue weighted by molar-refractivity contribution is 6.33. The molecule has 0 aromatic heterocycles. The fraction of sp³-hybridized carbons (Fsp3) is 0.158. The SMILES string of the molecule is O=C1NC(=O)N(c2ccc(Cl)cc2)C(=O)C1C=NCCc1ccc(F)cc1. The summed E-state index contributed by atoms with van der Waals surface area (Å²) in [6, 6.07) is 11.3. The minimum Gasteiger partial charge on any atom is -0.296 e. The van der Waals surface area contributed by atoms with E-state index >= 15 is 0 Å². The molecule has 1 unspecified atom stereocenters. The first-order chi connectivity index (χ1) is 13.0. The minimum absolute atomic E-state index is 0.305.